The van der Waals surface area contributed by atoms with E-state index < -0.39 is 0 Å². The Morgan fingerprint density at radius 2 is 2.16 bits per heavy atom. The van der Waals surface area contributed by atoms with Crippen molar-refractivity contribution in [2.75, 3.05) is 24.8 Å². The lowest BCUT2D eigenvalue weighted by molar-refractivity contribution is 0.385. The van der Waals surface area contributed by atoms with Crippen LogP contribution in [0.1, 0.15) is 18.2 Å². The standard InChI is InChI=1S/C14H19N3O2/c1-4-10-7-11(5-6-13(10)18-3)17(2)9-12-8-14(15)16-19-12/h5-8H,4,9H2,1-3H3,(H2,15,16). The zero-order valence-corrected chi connectivity index (χ0v) is 11.5. The van der Waals surface area contributed by atoms with E-state index in [4.69, 9.17) is 15.0 Å². The molecule has 1 aromatic heterocycles. The van der Waals surface area contributed by atoms with Crippen LogP contribution < -0.4 is 15.4 Å². The minimum absolute atomic E-state index is 0.410. The molecule has 1 heterocycles. The van der Waals surface area contributed by atoms with Crippen LogP contribution in [-0.2, 0) is 13.0 Å². The maximum Gasteiger partial charge on any atom is 0.167 e. The van der Waals surface area contributed by atoms with Gasteiger partial charge in [-0.05, 0) is 30.2 Å². The lowest BCUT2D eigenvalue weighted by Gasteiger charge is -2.19. The largest absolute Gasteiger partial charge is 0.496 e. The topological polar surface area (TPSA) is 64.5 Å². The lowest BCUT2D eigenvalue weighted by atomic mass is 10.1. The number of rotatable bonds is 5. The Morgan fingerprint density at radius 1 is 1.37 bits per heavy atom. The van der Waals surface area contributed by atoms with E-state index in [9.17, 15) is 0 Å². The Morgan fingerprint density at radius 3 is 2.74 bits per heavy atom. The van der Waals surface area contributed by atoms with Gasteiger partial charge in [-0.15, -0.1) is 0 Å². The molecule has 0 unspecified atom stereocenters. The van der Waals surface area contributed by atoms with E-state index in [-0.39, 0.29) is 0 Å². The van der Waals surface area contributed by atoms with Crippen molar-refractivity contribution in [2.45, 2.75) is 19.9 Å². The van der Waals surface area contributed by atoms with Crippen molar-refractivity contribution in [2.24, 2.45) is 0 Å². The third kappa shape index (κ3) is 2.99. The first-order chi connectivity index (χ1) is 9.13. The molecule has 2 aromatic rings. The number of benzene rings is 1. The molecular weight excluding hydrogens is 242 g/mol. The summed E-state index contributed by atoms with van der Waals surface area (Å²) in [5.74, 6) is 2.07. The second kappa shape index (κ2) is 5.65. The number of aryl methyl sites for hydroxylation is 1. The van der Waals surface area contributed by atoms with Crippen molar-refractivity contribution in [1.82, 2.24) is 5.16 Å². The molecule has 0 aliphatic carbocycles. The van der Waals surface area contributed by atoms with Crippen LogP contribution in [0.3, 0.4) is 0 Å². The molecule has 5 nitrogen and oxygen atoms in total. The second-order valence-corrected chi connectivity index (χ2v) is 4.42. The van der Waals surface area contributed by atoms with Crippen molar-refractivity contribution in [3.63, 3.8) is 0 Å². The number of nitrogens with two attached hydrogens (primary N) is 1. The third-order valence-electron chi connectivity index (χ3n) is 3.06. The Balaban J connectivity index is 2.16. The van der Waals surface area contributed by atoms with Crippen molar-refractivity contribution in [1.29, 1.82) is 0 Å². The Kier molecular flexibility index (Phi) is 3.94. The van der Waals surface area contributed by atoms with Gasteiger partial charge in [-0.3, -0.25) is 0 Å². The summed E-state index contributed by atoms with van der Waals surface area (Å²) < 4.78 is 10.4. The molecule has 19 heavy (non-hydrogen) atoms. The van der Waals surface area contributed by atoms with Gasteiger partial charge in [0.25, 0.3) is 0 Å². The van der Waals surface area contributed by atoms with Crippen LogP contribution in [0.25, 0.3) is 0 Å². The van der Waals surface area contributed by atoms with Gasteiger partial charge in [0.05, 0.1) is 13.7 Å². The summed E-state index contributed by atoms with van der Waals surface area (Å²) in [6, 6.07) is 7.87. The van der Waals surface area contributed by atoms with Gasteiger partial charge in [-0.25, -0.2) is 0 Å². The predicted molar refractivity (Wildman–Crippen MR) is 75.4 cm³/mol. The molecule has 0 aliphatic heterocycles. The molecule has 0 saturated heterocycles. The normalized spacial score (nSPS) is 10.5. The van der Waals surface area contributed by atoms with Crippen molar-refractivity contribution in [3.8, 4) is 5.75 Å². The van der Waals surface area contributed by atoms with E-state index in [0.717, 1.165) is 23.6 Å². The summed E-state index contributed by atoms with van der Waals surface area (Å²) in [5.41, 5.74) is 7.83. The molecule has 0 fully saturated rings. The molecule has 5 heteroatoms. The smallest absolute Gasteiger partial charge is 0.167 e. The van der Waals surface area contributed by atoms with Gasteiger partial charge in [0.15, 0.2) is 11.6 Å². The van der Waals surface area contributed by atoms with E-state index in [2.05, 4.69) is 23.0 Å². The fraction of sp³-hybridized carbons (Fsp3) is 0.357. The SMILES string of the molecule is CCc1cc(N(C)Cc2cc(N)no2)ccc1OC. The number of nitrogens with zero attached hydrogens (tertiary/aromatic N) is 2. The average Bonchev–Trinajstić information content (AvgIpc) is 2.83. The summed E-state index contributed by atoms with van der Waals surface area (Å²) in [7, 11) is 3.69. The van der Waals surface area contributed by atoms with Crippen molar-refractivity contribution in [3.05, 3.63) is 35.6 Å². The maximum atomic E-state index is 5.54. The lowest BCUT2D eigenvalue weighted by Crippen LogP contribution is -2.16. The van der Waals surface area contributed by atoms with Crippen molar-refractivity contribution >= 4 is 11.5 Å². The monoisotopic (exact) mass is 261 g/mol. The van der Waals surface area contributed by atoms with E-state index in [1.54, 1.807) is 13.2 Å². The zero-order valence-electron chi connectivity index (χ0n) is 11.5. The number of hydrogen-bond donors (Lipinski definition) is 1. The van der Waals surface area contributed by atoms with Gasteiger partial charge in [0.1, 0.15) is 5.75 Å². The quantitative estimate of drug-likeness (QED) is 0.895. The maximum absolute atomic E-state index is 5.54. The number of ether oxygens (including phenoxy) is 1. The highest BCUT2D eigenvalue weighted by molar-refractivity contribution is 5.53. The summed E-state index contributed by atoms with van der Waals surface area (Å²) in [5, 5.41) is 3.68. The van der Waals surface area contributed by atoms with Crippen LogP contribution in [-0.4, -0.2) is 19.3 Å². The number of anilines is 2. The highest BCUT2D eigenvalue weighted by Gasteiger charge is 2.09. The first-order valence-corrected chi connectivity index (χ1v) is 6.23. The van der Waals surface area contributed by atoms with Crippen LogP contribution in [0, 0.1) is 0 Å². The second-order valence-electron chi connectivity index (χ2n) is 4.42. The fourth-order valence-corrected chi connectivity index (χ4v) is 2.01. The van der Waals surface area contributed by atoms with E-state index in [1.807, 2.05) is 19.2 Å². The van der Waals surface area contributed by atoms with Gasteiger partial charge >= 0.3 is 0 Å². The highest BCUT2D eigenvalue weighted by Crippen LogP contribution is 2.25. The van der Waals surface area contributed by atoms with Crippen molar-refractivity contribution < 1.29 is 9.26 Å². The molecule has 0 atom stereocenters. The van der Waals surface area contributed by atoms with Gasteiger partial charge < -0.3 is 19.9 Å². The van der Waals surface area contributed by atoms with Gasteiger partial charge in [0.2, 0.25) is 0 Å². The molecule has 2 N–H and O–H groups in total. The Labute approximate surface area is 112 Å². The average molecular weight is 261 g/mol. The Bertz CT molecular complexity index is 551. The van der Waals surface area contributed by atoms with Crippen LogP contribution in [0.15, 0.2) is 28.8 Å². The number of aromatic nitrogens is 1. The van der Waals surface area contributed by atoms with E-state index in [1.165, 1.54) is 5.56 Å². The molecule has 0 radical (unpaired) electrons. The summed E-state index contributed by atoms with van der Waals surface area (Å²) in [6.45, 7) is 2.73. The van der Waals surface area contributed by atoms with Gasteiger partial charge in [0, 0.05) is 18.8 Å². The predicted octanol–water partition coefficient (Wildman–Crippen LogP) is 2.46. The minimum Gasteiger partial charge on any atom is -0.496 e. The minimum atomic E-state index is 0.410. The third-order valence-corrected chi connectivity index (χ3v) is 3.06. The van der Waals surface area contributed by atoms with Crippen LogP contribution >= 0.6 is 0 Å². The van der Waals surface area contributed by atoms with Crippen LogP contribution in [0.4, 0.5) is 11.5 Å². The summed E-state index contributed by atoms with van der Waals surface area (Å²) in [6.07, 6.45) is 0.931. The van der Waals surface area contributed by atoms with Gasteiger partial charge in [-0.1, -0.05) is 12.1 Å². The first kappa shape index (κ1) is 13.3. The summed E-state index contributed by atoms with van der Waals surface area (Å²) >= 11 is 0. The van der Waals surface area contributed by atoms with Crippen LogP contribution in [0.2, 0.25) is 0 Å². The molecule has 2 rings (SSSR count). The molecular formula is C14H19N3O2. The molecule has 1 aromatic carbocycles. The zero-order chi connectivity index (χ0) is 13.8. The number of nitrogen functional groups attached to an aromatic ring is 1. The first-order valence-electron chi connectivity index (χ1n) is 6.23. The van der Waals surface area contributed by atoms with E-state index in [0.29, 0.717) is 12.4 Å². The molecule has 0 saturated carbocycles. The molecule has 0 aliphatic rings. The molecule has 0 spiro atoms. The molecule has 0 bridgehead atoms. The fourth-order valence-electron chi connectivity index (χ4n) is 2.01. The Hall–Kier alpha value is -2.17. The van der Waals surface area contributed by atoms with E-state index >= 15 is 0 Å². The highest BCUT2D eigenvalue weighted by atomic mass is 16.5. The number of hydrogen-bond acceptors (Lipinski definition) is 5. The van der Waals surface area contributed by atoms with Gasteiger partial charge in [-0.2, -0.15) is 0 Å². The molecule has 0 amide bonds. The molecule has 102 valence electrons. The van der Waals surface area contributed by atoms with Crippen LogP contribution in [0.5, 0.6) is 5.75 Å². The summed E-state index contributed by atoms with van der Waals surface area (Å²) in [4.78, 5) is 2.08. The number of methoxy groups -OCH3 is 1.